The minimum Gasteiger partial charge on any atom is -0.547 e. The number of carbonyl (C=O) groups is 1. The Morgan fingerprint density at radius 3 is 2.08 bits per heavy atom. The predicted octanol–water partition coefficient (Wildman–Crippen LogP) is -3.72. The maximum atomic E-state index is 10.5. The molecular weight excluding hydrogens is 171 g/mol. The molecule has 0 aliphatic carbocycles. The Kier molecular flexibility index (Phi) is 3.75. The monoisotopic (exact) mass is 182 g/mol. The molecule has 0 spiro atoms. The van der Waals surface area contributed by atoms with Crippen LogP contribution in [0.3, 0.4) is 0 Å². The van der Waals surface area contributed by atoms with Crippen molar-refractivity contribution in [1.29, 1.82) is 0 Å². The van der Waals surface area contributed by atoms with Crippen LogP contribution in [0.1, 0.15) is 20.8 Å². The van der Waals surface area contributed by atoms with Gasteiger partial charge in [0.25, 0.3) is 0 Å². The SMILES string of the molecule is CC1(C)OCC(C)(C(=O)[O-])O1.[Na+]. The summed E-state index contributed by atoms with van der Waals surface area (Å²) >= 11 is 0. The van der Waals surface area contributed by atoms with Gasteiger partial charge >= 0.3 is 29.6 Å². The summed E-state index contributed by atoms with van der Waals surface area (Å²) in [6, 6.07) is 0. The Morgan fingerprint density at radius 2 is 1.92 bits per heavy atom. The van der Waals surface area contributed by atoms with Crippen LogP contribution in [0.2, 0.25) is 0 Å². The van der Waals surface area contributed by atoms with E-state index in [1.807, 2.05) is 0 Å². The van der Waals surface area contributed by atoms with Gasteiger partial charge in [-0.05, 0) is 20.8 Å². The van der Waals surface area contributed by atoms with Crippen molar-refractivity contribution in [2.75, 3.05) is 6.61 Å². The van der Waals surface area contributed by atoms with Gasteiger partial charge in [-0.15, -0.1) is 0 Å². The molecule has 1 aliphatic rings. The van der Waals surface area contributed by atoms with Crippen molar-refractivity contribution in [3.63, 3.8) is 0 Å². The van der Waals surface area contributed by atoms with Crippen LogP contribution in [0.5, 0.6) is 0 Å². The number of carbonyl (C=O) groups excluding carboxylic acids is 1. The maximum absolute atomic E-state index is 10.5. The van der Waals surface area contributed by atoms with Crippen LogP contribution in [-0.4, -0.2) is 24.0 Å². The van der Waals surface area contributed by atoms with Gasteiger partial charge in [-0.3, -0.25) is 0 Å². The van der Waals surface area contributed by atoms with Crippen LogP contribution >= 0.6 is 0 Å². The Labute approximate surface area is 93.5 Å². The molecule has 1 saturated heterocycles. The molecule has 1 fully saturated rings. The molecule has 1 aliphatic heterocycles. The summed E-state index contributed by atoms with van der Waals surface area (Å²) in [5.41, 5.74) is -1.29. The van der Waals surface area contributed by atoms with E-state index < -0.39 is 17.4 Å². The molecule has 1 atom stereocenters. The van der Waals surface area contributed by atoms with Gasteiger partial charge in [0, 0.05) is 0 Å². The van der Waals surface area contributed by atoms with Crippen molar-refractivity contribution in [1.82, 2.24) is 0 Å². The third kappa shape index (κ3) is 2.44. The number of ether oxygens (including phenoxy) is 2. The van der Waals surface area contributed by atoms with Gasteiger partial charge in [0.2, 0.25) is 0 Å². The van der Waals surface area contributed by atoms with E-state index in [9.17, 15) is 9.90 Å². The van der Waals surface area contributed by atoms with Crippen LogP contribution in [0.25, 0.3) is 0 Å². The minimum absolute atomic E-state index is 0. The van der Waals surface area contributed by atoms with Gasteiger partial charge in [0.1, 0.15) is 5.60 Å². The molecule has 0 amide bonds. The van der Waals surface area contributed by atoms with Crippen LogP contribution in [0.4, 0.5) is 0 Å². The second-order valence-electron chi connectivity index (χ2n) is 3.31. The van der Waals surface area contributed by atoms with E-state index in [-0.39, 0.29) is 36.2 Å². The smallest absolute Gasteiger partial charge is 0.547 e. The van der Waals surface area contributed by atoms with Gasteiger partial charge in [-0.1, -0.05) is 0 Å². The first-order chi connectivity index (χ1) is 4.86. The molecule has 64 valence electrons. The largest absolute Gasteiger partial charge is 1.00 e. The van der Waals surface area contributed by atoms with Crippen LogP contribution in [0, 0.1) is 0 Å². The van der Waals surface area contributed by atoms with E-state index >= 15 is 0 Å². The number of rotatable bonds is 1. The first-order valence-electron chi connectivity index (χ1n) is 3.41. The molecular formula is C7H11NaO4. The Bertz CT molecular complexity index is 192. The first kappa shape index (κ1) is 12.4. The fourth-order valence-electron chi connectivity index (χ4n) is 1.01. The molecule has 0 aromatic carbocycles. The van der Waals surface area contributed by atoms with E-state index in [4.69, 9.17) is 9.47 Å². The molecule has 12 heavy (non-hydrogen) atoms. The number of carboxylic acid groups (broad SMARTS) is 1. The number of aliphatic carboxylic acids is 1. The third-order valence-electron chi connectivity index (χ3n) is 1.60. The van der Waals surface area contributed by atoms with Crippen molar-refractivity contribution in [2.45, 2.75) is 32.2 Å². The summed E-state index contributed by atoms with van der Waals surface area (Å²) in [5, 5.41) is 10.5. The molecule has 0 aromatic rings. The van der Waals surface area contributed by atoms with Gasteiger partial charge < -0.3 is 19.4 Å². The van der Waals surface area contributed by atoms with Gasteiger partial charge in [0.05, 0.1) is 12.6 Å². The number of hydrogen-bond acceptors (Lipinski definition) is 4. The Hall–Kier alpha value is 0.390. The Morgan fingerprint density at radius 1 is 1.42 bits per heavy atom. The molecule has 1 unspecified atom stereocenters. The zero-order valence-corrected chi connectivity index (χ0v) is 9.84. The van der Waals surface area contributed by atoms with Crippen molar-refractivity contribution in [3.8, 4) is 0 Å². The molecule has 0 aromatic heterocycles. The molecule has 1 rings (SSSR count). The van der Waals surface area contributed by atoms with E-state index in [0.29, 0.717) is 0 Å². The van der Waals surface area contributed by atoms with E-state index in [1.165, 1.54) is 6.92 Å². The molecule has 0 bridgehead atoms. The van der Waals surface area contributed by atoms with Crippen molar-refractivity contribution >= 4 is 5.97 Å². The molecule has 0 radical (unpaired) electrons. The second-order valence-corrected chi connectivity index (χ2v) is 3.31. The van der Waals surface area contributed by atoms with E-state index in [2.05, 4.69) is 0 Å². The van der Waals surface area contributed by atoms with Crippen molar-refractivity contribution in [2.24, 2.45) is 0 Å². The van der Waals surface area contributed by atoms with Gasteiger partial charge in [-0.2, -0.15) is 0 Å². The van der Waals surface area contributed by atoms with E-state index in [1.54, 1.807) is 13.8 Å². The normalized spacial score (nSPS) is 32.6. The van der Waals surface area contributed by atoms with Gasteiger partial charge in [-0.25, -0.2) is 0 Å². The van der Waals surface area contributed by atoms with Crippen molar-refractivity contribution in [3.05, 3.63) is 0 Å². The zero-order valence-electron chi connectivity index (χ0n) is 7.84. The summed E-state index contributed by atoms with van der Waals surface area (Å²) in [6.45, 7) is 4.82. The quantitative estimate of drug-likeness (QED) is 0.391. The van der Waals surface area contributed by atoms with Crippen LogP contribution in [0.15, 0.2) is 0 Å². The standard InChI is InChI=1S/C7H12O4.Na/c1-6(2)10-4-7(3,11-6)5(8)9;/h4H2,1-3H3,(H,8,9);/q;+1/p-1. The van der Waals surface area contributed by atoms with Crippen molar-refractivity contribution < 1.29 is 48.9 Å². The number of carboxylic acids is 1. The average molecular weight is 182 g/mol. The fraction of sp³-hybridized carbons (Fsp3) is 0.857. The summed E-state index contributed by atoms with van der Waals surface area (Å²) in [5.74, 6) is -2.04. The summed E-state index contributed by atoms with van der Waals surface area (Å²) in [7, 11) is 0. The molecule has 4 nitrogen and oxygen atoms in total. The number of hydrogen-bond donors (Lipinski definition) is 0. The van der Waals surface area contributed by atoms with E-state index in [0.717, 1.165) is 0 Å². The molecule has 1 heterocycles. The summed E-state index contributed by atoms with van der Waals surface area (Å²) < 4.78 is 10.2. The molecule has 5 heteroatoms. The molecule has 0 N–H and O–H groups in total. The topological polar surface area (TPSA) is 58.6 Å². The van der Waals surface area contributed by atoms with Crippen LogP contribution in [-0.2, 0) is 14.3 Å². The van der Waals surface area contributed by atoms with Gasteiger partial charge in [0.15, 0.2) is 5.79 Å². The summed E-state index contributed by atoms with van der Waals surface area (Å²) in [4.78, 5) is 10.5. The first-order valence-corrected chi connectivity index (χ1v) is 3.41. The average Bonchev–Trinajstić information content (AvgIpc) is 2.08. The molecule has 0 saturated carbocycles. The third-order valence-corrected chi connectivity index (χ3v) is 1.60. The fourth-order valence-corrected chi connectivity index (χ4v) is 1.01. The summed E-state index contributed by atoms with van der Waals surface area (Å²) in [6.07, 6.45) is 0. The van der Waals surface area contributed by atoms with Crippen LogP contribution < -0.4 is 34.7 Å². The zero-order chi connectivity index (χ0) is 8.70. The minimum atomic E-state index is -1.29. The maximum Gasteiger partial charge on any atom is 1.00 e. The Balaban J connectivity index is 0.00000121. The predicted molar refractivity (Wildman–Crippen MR) is 34.5 cm³/mol. The second kappa shape index (κ2) is 3.64.